The molecule has 1 aliphatic rings. The molecule has 1 atom stereocenters. The molecule has 9 heteroatoms. The lowest BCUT2D eigenvalue weighted by molar-refractivity contribution is 0.101. The summed E-state index contributed by atoms with van der Waals surface area (Å²) in [5.74, 6) is -2.24. The van der Waals surface area contributed by atoms with Crippen LogP contribution in [0, 0.1) is 11.6 Å². The van der Waals surface area contributed by atoms with Crippen LogP contribution in [0.5, 0.6) is 0 Å². The van der Waals surface area contributed by atoms with E-state index in [1.54, 1.807) is 22.7 Å². The first kappa shape index (κ1) is 24.2. The number of anilines is 2. The van der Waals surface area contributed by atoms with Gasteiger partial charge in [-0.1, -0.05) is 42.5 Å². The molecule has 0 saturated heterocycles. The summed E-state index contributed by atoms with van der Waals surface area (Å²) in [7, 11) is 0. The van der Waals surface area contributed by atoms with Crippen molar-refractivity contribution in [3.8, 4) is 11.3 Å². The van der Waals surface area contributed by atoms with Crippen molar-refractivity contribution in [1.82, 2.24) is 9.61 Å². The van der Waals surface area contributed by atoms with Gasteiger partial charge in [-0.05, 0) is 48.5 Å². The molecule has 0 fully saturated rings. The van der Waals surface area contributed by atoms with E-state index in [1.165, 1.54) is 6.07 Å². The van der Waals surface area contributed by atoms with Gasteiger partial charge in [-0.3, -0.25) is 4.79 Å². The Morgan fingerprint density at radius 3 is 2.44 bits per heavy atom. The quantitative estimate of drug-likeness (QED) is 0.277. The molecule has 7 nitrogen and oxygen atoms in total. The summed E-state index contributed by atoms with van der Waals surface area (Å²) < 4.78 is 30.1. The lowest BCUT2D eigenvalue weighted by Crippen LogP contribution is -2.16. The van der Waals surface area contributed by atoms with E-state index in [-0.39, 0.29) is 6.04 Å². The summed E-state index contributed by atoms with van der Waals surface area (Å²) in [5, 5.41) is 10.7. The number of hydrogen-bond acceptors (Lipinski definition) is 5. The van der Waals surface area contributed by atoms with E-state index >= 15 is 0 Å². The molecule has 192 valence electrons. The van der Waals surface area contributed by atoms with Crippen LogP contribution < -0.4 is 10.6 Å². The Labute approximate surface area is 222 Å². The van der Waals surface area contributed by atoms with E-state index in [0.717, 1.165) is 34.5 Å². The largest absolute Gasteiger partial charge is 0.324 e. The molecule has 3 heterocycles. The summed E-state index contributed by atoms with van der Waals surface area (Å²) in [5.41, 5.74) is 3.81. The molecule has 0 saturated carbocycles. The Morgan fingerprint density at radius 2 is 1.62 bits per heavy atom. The molecule has 3 aromatic carbocycles. The standard InChI is InChI=1S/C30H22F2N6O/c31-22-12-7-13-23(32)26(22)29(39)34-21-11-6-8-19(18-21)28-27(25-14-4-5-17-38(25)37-28)24-15-16-33-30(36-24)35-20-9-2-1-3-10-20/h1-14,16-18,24H,15H2,(H,34,39)(H,35,36). The fourth-order valence-electron chi connectivity index (χ4n) is 4.58. The highest BCUT2D eigenvalue weighted by Gasteiger charge is 2.25. The van der Waals surface area contributed by atoms with Crippen molar-refractivity contribution >= 4 is 35.0 Å². The first-order valence-electron chi connectivity index (χ1n) is 12.3. The molecule has 0 spiro atoms. The van der Waals surface area contributed by atoms with Crippen LogP contribution in [0.2, 0.25) is 0 Å². The minimum atomic E-state index is -0.928. The Hall–Kier alpha value is -5.18. The molecule has 0 radical (unpaired) electrons. The lowest BCUT2D eigenvalue weighted by atomic mass is 9.98. The molecule has 39 heavy (non-hydrogen) atoms. The van der Waals surface area contributed by atoms with Crippen molar-refractivity contribution in [2.45, 2.75) is 12.5 Å². The highest BCUT2D eigenvalue weighted by atomic mass is 19.1. The number of carbonyl (C=O) groups excluding carboxylic acids is 1. The molecule has 0 aliphatic carbocycles. The smallest absolute Gasteiger partial charge is 0.261 e. The van der Waals surface area contributed by atoms with Crippen molar-refractivity contribution < 1.29 is 13.6 Å². The topological polar surface area (TPSA) is 83.2 Å². The van der Waals surface area contributed by atoms with Crippen LogP contribution >= 0.6 is 0 Å². The summed E-state index contributed by atoms with van der Waals surface area (Å²) >= 11 is 0. The second kappa shape index (κ2) is 10.3. The van der Waals surface area contributed by atoms with Crippen LogP contribution in [-0.4, -0.2) is 27.7 Å². The second-order valence-corrected chi connectivity index (χ2v) is 8.93. The molecular weight excluding hydrogens is 498 g/mol. The molecule has 1 aliphatic heterocycles. The molecular formula is C30H22F2N6O. The Balaban J connectivity index is 1.37. The summed E-state index contributed by atoms with van der Waals surface area (Å²) in [6.07, 6.45) is 4.27. The Morgan fingerprint density at radius 1 is 0.872 bits per heavy atom. The number of aliphatic imine (C=N–C) groups is 2. The molecule has 1 unspecified atom stereocenters. The van der Waals surface area contributed by atoms with Gasteiger partial charge in [-0.25, -0.2) is 23.3 Å². The Kier molecular flexibility index (Phi) is 6.38. The van der Waals surface area contributed by atoms with Crippen molar-refractivity contribution in [3.63, 3.8) is 0 Å². The predicted octanol–water partition coefficient (Wildman–Crippen LogP) is 6.52. The SMILES string of the molecule is O=C(Nc1cccc(-c2nn3ccccc3c2C2CC=NC(Nc3ccccc3)=N2)c1)c1c(F)cccc1F. The van der Waals surface area contributed by atoms with Crippen molar-refractivity contribution in [2.75, 3.05) is 10.6 Å². The van der Waals surface area contributed by atoms with E-state index in [2.05, 4.69) is 15.6 Å². The van der Waals surface area contributed by atoms with Crippen molar-refractivity contribution in [1.29, 1.82) is 0 Å². The zero-order valence-corrected chi connectivity index (χ0v) is 20.6. The van der Waals surface area contributed by atoms with Crippen LogP contribution in [0.1, 0.15) is 28.4 Å². The van der Waals surface area contributed by atoms with Crippen molar-refractivity contribution in [2.24, 2.45) is 9.98 Å². The first-order valence-corrected chi connectivity index (χ1v) is 12.3. The number of fused-ring (bicyclic) bond motifs is 1. The van der Waals surface area contributed by atoms with E-state index in [4.69, 9.17) is 10.1 Å². The van der Waals surface area contributed by atoms with Gasteiger partial charge in [0.05, 0.1) is 17.3 Å². The molecule has 1 amide bonds. The first-order chi connectivity index (χ1) is 19.1. The zero-order chi connectivity index (χ0) is 26.8. The average Bonchev–Trinajstić information content (AvgIpc) is 3.34. The van der Waals surface area contributed by atoms with Gasteiger partial charge in [-0.2, -0.15) is 5.10 Å². The van der Waals surface area contributed by atoms with Crippen LogP contribution in [0.15, 0.2) is 107 Å². The number of para-hydroxylation sites is 1. The molecule has 0 bridgehead atoms. The predicted molar refractivity (Wildman–Crippen MR) is 148 cm³/mol. The van der Waals surface area contributed by atoms with Gasteiger partial charge in [-0.15, -0.1) is 0 Å². The van der Waals surface area contributed by atoms with E-state index in [9.17, 15) is 13.6 Å². The lowest BCUT2D eigenvalue weighted by Gasteiger charge is -2.17. The van der Waals surface area contributed by atoms with Gasteiger partial charge in [0.1, 0.15) is 17.2 Å². The third-order valence-corrected chi connectivity index (χ3v) is 6.35. The highest BCUT2D eigenvalue weighted by Crippen LogP contribution is 2.36. The number of aromatic nitrogens is 2. The number of rotatable bonds is 5. The van der Waals surface area contributed by atoms with Gasteiger partial charge >= 0.3 is 0 Å². The van der Waals surface area contributed by atoms with E-state index < -0.39 is 23.1 Å². The number of benzene rings is 3. The van der Waals surface area contributed by atoms with E-state index in [0.29, 0.717) is 23.8 Å². The zero-order valence-electron chi connectivity index (χ0n) is 20.6. The number of nitrogens with zero attached hydrogens (tertiary/aromatic N) is 4. The fraction of sp³-hybridized carbons (Fsp3) is 0.0667. The van der Waals surface area contributed by atoms with Crippen LogP contribution in [0.25, 0.3) is 16.8 Å². The normalized spacial score (nSPS) is 14.7. The number of pyridine rings is 1. The highest BCUT2D eigenvalue weighted by molar-refractivity contribution is 6.05. The number of carbonyl (C=O) groups is 1. The number of guanidine groups is 1. The number of halogens is 2. The van der Waals surface area contributed by atoms with Crippen LogP contribution in [0.4, 0.5) is 20.2 Å². The Bertz CT molecular complexity index is 1730. The van der Waals surface area contributed by atoms with Crippen LogP contribution in [-0.2, 0) is 0 Å². The second-order valence-electron chi connectivity index (χ2n) is 8.93. The van der Waals surface area contributed by atoms with Gasteiger partial charge in [0.2, 0.25) is 5.96 Å². The van der Waals surface area contributed by atoms with Crippen LogP contribution in [0.3, 0.4) is 0 Å². The molecule has 6 rings (SSSR count). The monoisotopic (exact) mass is 520 g/mol. The average molecular weight is 521 g/mol. The van der Waals surface area contributed by atoms with Gasteiger partial charge in [0, 0.05) is 41.3 Å². The number of amides is 1. The summed E-state index contributed by atoms with van der Waals surface area (Å²) in [6, 6.07) is 25.5. The third-order valence-electron chi connectivity index (χ3n) is 6.35. The van der Waals surface area contributed by atoms with E-state index in [1.807, 2.05) is 67.0 Å². The molecule has 5 aromatic rings. The molecule has 2 N–H and O–H groups in total. The van der Waals surface area contributed by atoms with Gasteiger partial charge < -0.3 is 10.6 Å². The maximum absolute atomic E-state index is 14.2. The van der Waals surface area contributed by atoms with Gasteiger partial charge in [0.15, 0.2) is 0 Å². The summed E-state index contributed by atoms with van der Waals surface area (Å²) in [4.78, 5) is 22.0. The van der Waals surface area contributed by atoms with Gasteiger partial charge in [0.25, 0.3) is 5.91 Å². The third kappa shape index (κ3) is 4.89. The maximum atomic E-state index is 14.2. The van der Waals surface area contributed by atoms with Crippen molar-refractivity contribution in [3.05, 3.63) is 120 Å². The number of hydrogen-bond donors (Lipinski definition) is 2. The molecule has 2 aromatic heterocycles. The minimum absolute atomic E-state index is 0.269. The number of nitrogens with one attached hydrogen (secondary N) is 2. The maximum Gasteiger partial charge on any atom is 0.261 e. The minimum Gasteiger partial charge on any atom is -0.324 e. The fourth-order valence-corrected chi connectivity index (χ4v) is 4.58. The summed E-state index contributed by atoms with van der Waals surface area (Å²) in [6.45, 7) is 0.